The molecule has 1 aromatic heterocycles. The molecule has 0 unspecified atom stereocenters. The summed E-state index contributed by atoms with van der Waals surface area (Å²) in [5, 5.41) is 11.7. The molecular weight excluding hydrogens is 369 g/mol. The molecule has 0 spiro atoms. The molecule has 0 bridgehead atoms. The van der Waals surface area contributed by atoms with Crippen LogP contribution in [0, 0.1) is 22.7 Å². The summed E-state index contributed by atoms with van der Waals surface area (Å²) < 4.78 is 42.3. The van der Waals surface area contributed by atoms with Crippen molar-refractivity contribution in [2.45, 2.75) is 58.7 Å². The monoisotopic (exact) mass is 392 g/mol. The van der Waals surface area contributed by atoms with Crippen LogP contribution in [0.4, 0.5) is 19.1 Å². The summed E-state index contributed by atoms with van der Waals surface area (Å²) in [6.45, 7) is 6.03. The summed E-state index contributed by atoms with van der Waals surface area (Å²) in [6.07, 6.45) is -2.25. The minimum atomic E-state index is -4.59. The Kier molecular flexibility index (Phi) is 4.69. The molecule has 0 aliphatic heterocycles. The average Bonchev–Trinajstić information content (AvgIpc) is 3.35. The summed E-state index contributed by atoms with van der Waals surface area (Å²) >= 11 is 0. The van der Waals surface area contributed by atoms with Gasteiger partial charge in [0.15, 0.2) is 0 Å². The van der Waals surface area contributed by atoms with Crippen molar-refractivity contribution in [2.24, 2.45) is 11.3 Å². The second-order valence-corrected chi connectivity index (χ2v) is 8.63. The van der Waals surface area contributed by atoms with Crippen molar-refractivity contribution < 1.29 is 18.0 Å². The van der Waals surface area contributed by atoms with Gasteiger partial charge in [0.05, 0.1) is 22.7 Å². The summed E-state index contributed by atoms with van der Waals surface area (Å²) in [5.41, 5.74) is -1.88. The van der Waals surface area contributed by atoms with E-state index in [1.165, 1.54) is 18.2 Å². The number of carbonyl (C=O) groups is 1. The highest BCUT2D eigenvalue weighted by Crippen LogP contribution is 2.47. The van der Waals surface area contributed by atoms with Crippen LogP contribution in [-0.4, -0.2) is 21.6 Å². The maximum absolute atomic E-state index is 13.8. The van der Waals surface area contributed by atoms with Crippen molar-refractivity contribution in [1.82, 2.24) is 9.55 Å². The van der Waals surface area contributed by atoms with Crippen molar-refractivity contribution >= 4 is 22.9 Å². The first kappa shape index (κ1) is 20.2. The van der Waals surface area contributed by atoms with E-state index in [-0.39, 0.29) is 40.3 Å². The van der Waals surface area contributed by atoms with E-state index in [1.54, 1.807) is 0 Å². The summed E-state index contributed by atoms with van der Waals surface area (Å²) in [6, 6.07) is 6.26. The van der Waals surface area contributed by atoms with Gasteiger partial charge in [-0.05, 0) is 56.2 Å². The molecule has 0 atom stereocenters. The SMILES string of the molecule is CC(C)(CC(=O)Nc1nc2ccc(C#N)cc2n1C(C)(C)C(F)(F)F)C1CC1. The van der Waals surface area contributed by atoms with Crippen LogP contribution in [0.1, 0.15) is 52.5 Å². The first-order valence-electron chi connectivity index (χ1n) is 9.16. The van der Waals surface area contributed by atoms with E-state index in [1.807, 2.05) is 19.9 Å². The zero-order valence-corrected chi connectivity index (χ0v) is 16.3. The average molecular weight is 392 g/mol. The van der Waals surface area contributed by atoms with Crippen LogP contribution in [0.15, 0.2) is 18.2 Å². The van der Waals surface area contributed by atoms with Gasteiger partial charge in [-0.1, -0.05) is 13.8 Å². The van der Waals surface area contributed by atoms with Crippen molar-refractivity contribution in [2.75, 3.05) is 5.32 Å². The van der Waals surface area contributed by atoms with E-state index in [4.69, 9.17) is 5.26 Å². The van der Waals surface area contributed by atoms with Crippen molar-refractivity contribution in [1.29, 1.82) is 5.26 Å². The van der Waals surface area contributed by atoms with Crippen molar-refractivity contribution in [3.8, 4) is 6.07 Å². The molecule has 1 saturated carbocycles. The number of hydrogen-bond acceptors (Lipinski definition) is 3. The number of carbonyl (C=O) groups excluding carboxylic acids is 1. The zero-order valence-electron chi connectivity index (χ0n) is 16.3. The van der Waals surface area contributed by atoms with E-state index in [0.29, 0.717) is 5.92 Å². The molecule has 1 aromatic carbocycles. The Morgan fingerprint density at radius 3 is 2.46 bits per heavy atom. The number of nitriles is 1. The topological polar surface area (TPSA) is 70.7 Å². The maximum Gasteiger partial charge on any atom is 0.411 e. The van der Waals surface area contributed by atoms with Gasteiger partial charge in [-0.25, -0.2) is 4.98 Å². The van der Waals surface area contributed by atoms with Crippen LogP contribution < -0.4 is 5.32 Å². The third kappa shape index (κ3) is 3.58. The molecule has 3 rings (SSSR count). The Hall–Kier alpha value is -2.56. The van der Waals surface area contributed by atoms with Crippen LogP contribution >= 0.6 is 0 Å². The zero-order chi connectivity index (χ0) is 20.9. The van der Waals surface area contributed by atoms with Gasteiger partial charge >= 0.3 is 6.18 Å². The van der Waals surface area contributed by atoms with Crippen LogP contribution in [0.2, 0.25) is 0 Å². The third-order valence-corrected chi connectivity index (χ3v) is 5.59. The molecule has 0 radical (unpaired) electrons. The fraction of sp³-hybridized carbons (Fsp3) is 0.550. The van der Waals surface area contributed by atoms with Gasteiger partial charge < -0.3 is 0 Å². The van der Waals surface area contributed by atoms with Gasteiger partial charge in [0.2, 0.25) is 11.9 Å². The number of amides is 1. The summed E-state index contributed by atoms with van der Waals surface area (Å²) in [7, 11) is 0. The lowest BCUT2D eigenvalue weighted by atomic mass is 9.83. The number of halogens is 3. The molecule has 150 valence electrons. The maximum atomic E-state index is 13.8. The normalized spacial score (nSPS) is 15.5. The number of benzene rings is 1. The second kappa shape index (κ2) is 6.50. The fourth-order valence-electron chi connectivity index (χ4n) is 3.51. The van der Waals surface area contributed by atoms with E-state index in [2.05, 4.69) is 10.3 Å². The number of nitrogens with zero attached hydrogens (tertiary/aromatic N) is 3. The van der Waals surface area contributed by atoms with Gasteiger partial charge in [-0.2, -0.15) is 18.4 Å². The minimum absolute atomic E-state index is 0.151. The fourth-order valence-corrected chi connectivity index (χ4v) is 3.51. The lowest BCUT2D eigenvalue weighted by Gasteiger charge is -2.31. The number of hydrogen-bond donors (Lipinski definition) is 1. The smallest absolute Gasteiger partial charge is 0.296 e. The van der Waals surface area contributed by atoms with Crippen molar-refractivity contribution in [3.05, 3.63) is 23.8 Å². The number of alkyl halides is 3. The predicted octanol–water partition coefficient (Wildman–Crippen LogP) is 4.97. The number of imidazole rings is 1. The Balaban J connectivity index is 2.05. The van der Waals surface area contributed by atoms with E-state index < -0.39 is 11.7 Å². The second-order valence-electron chi connectivity index (χ2n) is 8.63. The number of anilines is 1. The van der Waals surface area contributed by atoms with E-state index in [9.17, 15) is 18.0 Å². The first-order chi connectivity index (χ1) is 12.9. The molecule has 1 aliphatic rings. The molecule has 1 fully saturated rings. The predicted molar refractivity (Wildman–Crippen MR) is 99.6 cm³/mol. The number of rotatable bonds is 5. The van der Waals surface area contributed by atoms with Gasteiger partial charge in [0.25, 0.3) is 0 Å². The molecular formula is C20H23F3N4O. The summed E-state index contributed by atoms with van der Waals surface area (Å²) in [5.74, 6) is -0.0715. The lowest BCUT2D eigenvalue weighted by Crippen LogP contribution is -2.43. The van der Waals surface area contributed by atoms with Gasteiger partial charge in [-0.15, -0.1) is 0 Å². The van der Waals surface area contributed by atoms with Gasteiger partial charge in [0, 0.05) is 6.42 Å². The molecule has 0 saturated heterocycles. The molecule has 2 aromatic rings. The molecule has 28 heavy (non-hydrogen) atoms. The third-order valence-electron chi connectivity index (χ3n) is 5.59. The van der Waals surface area contributed by atoms with E-state index >= 15 is 0 Å². The van der Waals surface area contributed by atoms with E-state index in [0.717, 1.165) is 31.3 Å². The highest BCUT2D eigenvalue weighted by molar-refractivity contribution is 5.92. The Bertz CT molecular complexity index is 962. The molecule has 5 nitrogen and oxygen atoms in total. The number of nitrogens with one attached hydrogen (secondary N) is 1. The molecule has 1 aliphatic carbocycles. The number of fused-ring (bicyclic) bond motifs is 1. The number of aromatic nitrogens is 2. The Labute approximate surface area is 161 Å². The molecule has 8 heteroatoms. The van der Waals surface area contributed by atoms with Gasteiger partial charge in [-0.3, -0.25) is 14.7 Å². The first-order valence-corrected chi connectivity index (χ1v) is 9.16. The lowest BCUT2D eigenvalue weighted by molar-refractivity contribution is -0.201. The molecule has 1 amide bonds. The highest BCUT2D eigenvalue weighted by atomic mass is 19.4. The van der Waals surface area contributed by atoms with Gasteiger partial charge in [0.1, 0.15) is 5.54 Å². The van der Waals surface area contributed by atoms with Crippen LogP contribution in [0.25, 0.3) is 11.0 Å². The highest BCUT2D eigenvalue weighted by Gasteiger charge is 2.50. The van der Waals surface area contributed by atoms with Crippen LogP contribution in [-0.2, 0) is 10.3 Å². The Morgan fingerprint density at radius 2 is 1.93 bits per heavy atom. The summed E-state index contributed by atoms with van der Waals surface area (Å²) in [4.78, 5) is 16.8. The molecule has 1 N–H and O–H groups in total. The van der Waals surface area contributed by atoms with Crippen LogP contribution in [0.3, 0.4) is 0 Å². The minimum Gasteiger partial charge on any atom is -0.296 e. The Morgan fingerprint density at radius 1 is 1.29 bits per heavy atom. The largest absolute Gasteiger partial charge is 0.411 e. The molecule has 1 heterocycles. The standard InChI is InChI=1S/C20H23F3N4O/c1-18(2,13-6-7-13)10-16(28)26-17-25-14-8-5-12(11-24)9-15(14)27(17)19(3,4)20(21,22)23/h5,8-9,13H,6-7,10H2,1-4H3,(H,25,26,28). The quantitative estimate of drug-likeness (QED) is 0.781. The van der Waals surface area contributed by atoms with Crippen LogP contribution in [0.5, 0.6) is 0 Å². The van der Waals surface area contributed by atoms with Crippen molar-refractivity contribution in [3.63, 3.8) is 0 Å².